The van der Waals surface area contributed by atoms with Crippen LogP contribution in [0.15, 0.2) is 55.0 Å². The lowest BCUT2D eigenvalue weighted by molar-refractivity contribution is 0.0278. The molecule has 3 aromatic rings. The summed E-state index contributed by atoms with van der Waals surface area (Å²) in [6.07, 6.45) is 7.98. The predicted octanol–water partition coefficient (Wildman–Crippen LogP) is 4.09. The quantitative estimate of drug-likeness (QED) is 0.692. The number of carbonyl (C=O) groups is 1. The van der Waals surface area contributed by atoms with Crippen LogP contribution in [0, 0.1) is 18.7 Å². The van der Waals surface area contributed by atoms with Crippen LogP contribution in [0.2, 0.25) is 0 Å². The smallest absolute Gasteiger partial charge is 0.257 e. The van der Waals surface area contributed by atoms with Gasteiger partial charge in [0.1, 0.15) is 11.6 Å². The van der Waals surface area contributed by atoms with Gasteiger partial charge >= 0.3 is 0 Å². The third-order valence-corrected chi connectivity index (χ3v) is 6.32. The molecule has 2 aliphatic heterocycles. The van der Waals surface area contributed by atoms with E-state index in [9.17, 15) is 9.18 Å². The molecule has 1 saturated carbocycles. The lowest BCUT2D eigenvalue weighted by Crippen LogP contribution is -2.60. The Morgan fingerprint density at radius 1 is 1.10 bits per heavy atom. The zero-order valence-electron chi connectivity index (χ0n) is 17.3. The number of hydrogen-bond acceptors (Lipinski definition) is 5. The number of nitrogens with zero attached hydrogens (tertiary/aromatic N) is 4. The van der Waals surface area contributed by atoms with Gasteiger partial charge in [-0.2, -0.15) is 0 Å². The molecule has 2 aromatic heterocycles. The number of benzene rings is 1. The highest BCUT2D eigenvalue weighted by molar-refractivity contribution is 6.00. The van der Waals surface area contributed by atoms with Crippen molar-refractivity contribution in [2.45, 2.75) is 38.3 Å². The monoisotopic (exact) mass is 417 g/mol. The normalized spacial score (nSPS) is 22.4. The maximum absolute atomic E-state index is 14.9. The van der Waals surface area contributed by atoms with E-state index in [0.717, 1.165) is 30.6 Å². The van der Waals surface area contributed by atoms with Crippen LogP contribution in [0.1, 0.15) is 35.2 Å². The zero-order chi connectivity index (χ0) is 21.4. The molecule has 1 N–H and O–H groups in total. The molecule has 3 atom stereocenters. The summed E-state index contributed by atoms with van der Waals surface area (Å²) in [7, 11) is 0. The molecule has 2 saturated heterocycles. The van der Waals surface area contributed by atoms with E-state index >= 15 is 0 Å². The number of nitrogens with one attached hydrogen (secondary N) is 1. The summed E-state index contributed by atoms with van der Waals surface area (Å²) in [5.74, 6) is 0.714. The Balaban J connectivity index is 1.45. The first kappa shape index (κ1) is 19.6. The molecule has 7 heteroatoms. The maximum Gasteiger partial charge on any atom is 0.257 e. The van der Waals surface area contributed by atoms with Crippen LogP contribution >= 0.6 is 0 Å². The summed E-state index contributed by atoms with van der Waals surface area (Å²) in [6.45, 7) is 2.65. The summed E-state index contributed by atoms with van der Waals surface area (Å²) in [5, 5.41) is 3.51. The second kappa shape index (κ2) is 8.06. The first-order valence-electron chi connectivity index (χ1n) is 10.7. The number of pyridine rings is 1. The van der Waals surface area contributed by atoms with Gasteiger partial charge in [0.15, 0.2) is 5.82 Å². The lowest BCUT2D eigenvalue weighted by Gasteiger charge is -2.50. The summed E-state index contributed by atoms with van der Waals surface area (Å²) in [4.78, 5) is 28.4. The van der Waals surface area contributed by atoms with Crippen LogP contribution in [0.3, 0.4) is 0 Å². The Bertz CT molecular complexity index is 1090. The largest absolute Gasteiger partial charge is 0.365 e. The topological polar surface area (TPSA) is 71.0 Å². The van der Waals surface area contributed by atoms with E-state index in [1.165, 1.54) is 6.07 Å². The molecule has 1 amide bonds. The minimum atomic E-state index is -0.541. The number of amides is 1. The van der Waals surface area contributed by atoms with Crippen molar-refractivity contribution in [3.63, 3.8) is 0 Å². The molecule has 6 rings (SSSR count). The van der Waals surface area contributed by atoms with Gasteiger partial charge in [-0.3, -0.25) is 4.79 Å². The van der Waals surface area contributed by atoms with E-state index in [4.69, 9.17) is 0 Å². The minimum Gasteiger partial charge on any atom is -0.365 e. The van der Waals surface area contributed by atoms with Crippen molar-refractivity contribution in [3.05, 3.63) is 71.9 Å². The summed E-state index contributed by atoms with van der Waals surface area (Å²) < 4.78 is 14.9. The van der Waals surface area contributed by atoms with Crippen molar-refractivity contribution in [1.82, 2.24) is 19.9 Å². The van der Waals surface area contributed by atoms with Crippen LogP contribution in [0.5, 0.6) is 0 Å². The van der Waals surface area contributed by atoms with Crippen molar-refractivity contribution in [1.29, 1.82) is 0 Å². The number of hydrogen-bond donors (Lipinski definition) is 1. The minimum absolute atomic E-state index is 0.00949. The number of rotatable bonds is 4. The SMILES string of the molecule is Cc1ccc(N[C@@H]2C[C@@H]3CC[C@@H]2N(C(=O)c2c(F)cccc2-c2ncccn2)C3)nc1. The first-order chi connectivity index (χ1) is 15.1. The Hall–Kier alpha value is -3.35. The molecule has 3 fully saturated rings. The van der Waals surface area contributed by atoms with Gasteiger partial charge in [-0.05, 0) is 55.9 Å². The van der Waals surface area contributed by atoms with Gasteiger partial charge in [0.05, 0.1) is 11.6 Å². The van der Waals surface area contributed by atoms with Gasteiger partial charge in [0.2, 0.25) is 0 Å². The van der Waals surface area contributed by atoms with Gasteiger partial charge in [-0.1, -0.05) is 18.2 Å². The highest BCUT2D eigenvalue weighted by Crippen LogP contribution is 2.38. The molecular formula is C24H24FN5O. The van der Waals surface area contributed by atoms with Gasteiger partial charge < -0.3 is 10.2 Å². The van der Waals surface area contributed by atoms with Crippen molar-refractivity contribution < 1.29 is 9.18 Å². The van der Waals surface area contributed by atoms with E-state index in [1.807, 2.05) is 30.2 Å². The molecular weight excluding hydrogens is 393 g/mol. The molecule has 31 heavy (non-hydrogen) atoms. The molecule has 3 aliphatic rings. The third-order valence-electron chi connectivity index (χ3n) is 6.32. The van der Waals surface area contributed by atoms with Crippen molar-refractivity contribution in [2.24, 2.45) is 5.92 Å². The first-order valence-corrected chi connectivity index (χ1v) is 10.7. The van der Waals surface area contributed by atoms with Crippen LogP contribution in [-0.2, 0) is 0 Å². The molecule has 0 unspecified atom stereocenters. The van der Waals surface area contributed by atoms with Gasteiger partial charge in [0.25, 0.3) is 5.91 Å². The van der Waals surface area contributed by atoms with Crippen LogP contribution < -0.4 is 5.32 Å². The fraction of sp³-hybridized carbons (Fsp3) is 0.333. The van der Waals surface area contributed by atoms with E-state index in [2.05, 4.69) is 20.3 Å². The van der Waals surface area contributed by atoms with E-state index < -0.39 is 5.82 Å². The number of aromatic nitrogens is 3. The van der Waals surface area contributed by atoms with Gasteiger partial charge in [0, 0.05) is 36.7 Å². The lowest BCUT2D eigenvalue weighted by atomic mass is 9.76. The average molecular weight is 417 g/mol. The molecule has 0 spiro atoms. The fourth-order valence-corrected chi connectivity index (χ4v) is 4.84. The Morgan fingerprint density at radius 3 is 2.68 bits per heavy atom. The number of anilines is 1. The Kier molecular flexibility index (Phi) is 5.10. The Labute approximate surface area is 180 Å². The highest BCUT2D eigenvalue weighted by atomic mass is 19.1. The third kappa shape index (κ3) is 3.76. The van der Waals surface area contributed by atoms with E-state index in [0.29, 0.717) is 23.9 Å². The molecule has 0 radical (unpaired) electrons. The van der Waals surface area contributed by atoms with Crippen LogP contribution in [-0.4, -0.2) is 44.4 Å². The average Bonchev–Trinajstić information content (AvgIpc) is 2.81. The van der Waals surface area contributed by atoms with Gasteiger partial charge in [-0.15, -0.1) is 0 Å². The van der Waals surface area contributed by atoms with Crippen molar-refractivity contribution in [2.75, 3.05) is 11.9 Å². The molecule has 1 aromatic carbocycles. The predicted molar refractivity (Wildman–Crippen MR) is 116 cm³/mol. The zero-order valence-corrected chi connectivity index (χ0v) is 17.3. The molecule has 4 heterocycles. The van der Waals surface area contributed by atoms with Crippen LogP contribution in [0.4, 0.5) is 10.2 Å². The standard InChI is InChI=1S/C24H24FN5O/c1-15-6-9-21(28-13-15)29-19-12-16-7-8-20(19)30(14-16)24(31)22-17(4-2-5-18(22)25)23-26-10-3-11-27-23/h2-6,9-11,13,16,19-20H,7-8,12,14H2,1H3,(H,28,29)/t16-,19+,20-/m0/s1. The number of carbonyl (C=O) groups excluding carboxylic acids is 1. The van der Waals surface area contributed by atoms with Crippen molar-refractivity contribution in [3.8, 4) is 11.4 Å². The summed E-state index contributed by atoms with van der Waals surface area (Å²) in [5.41, 5.74) is 1.58. The number of piperidine rings is 2. The number of halogens is 1. The summed E-state index contributed by atoms with van der Waals surface area (Å²) in [6, 6.07) is 10.4. The second-order valence-corrected chi connectivity index (χ2v) is 8.41. The maximum atomic E-state index is 14.9. The van der Waals surface area contributed by atoms with Gasteiger partial charge in [-0.25, -0.2) is 19.3 Å². The molecule has 1 aliphatic carbocycles. The fourth-order valence-electron chi connectivity index (χ4n) is 4.84. The van der Waals surface area contributed by atoms with E-state index in [1.54, 1.807) is 30.6 Å². The highest BCUT2D eigenvalue weighted by Gasteiger charge is 2.44. The Morgan fingerprint density at radius 2 is 1.94 bits per heavy atom. The number of aryl methyl sites for hydroxylation is 1. The van der Waals surface area contributed by atoms with Crippen molar-refractivity contribution >= 4 is 11.7 Å². The molecule has 2 bridgehead atoms. The number of fused-ring (bicyclic) bond motifs is 3. The summed E-state index contributed by atoms with van der Waals surface area (Å²) >= 11 is 0. The van der Waals surface area contributed by atoms with Crippen LogP contribution in [0.25, 0.3) is 11.4 Å². The second-order valence-electron chi connectivity index (χ2n) is 8.41. The molecule has 6 nitrogen and oxygen atoms in total. The molecule has 158 valence electrons. The van der Waals surface area contributed by atoms with E-state index in [-0.39, 0.29) is 23.6 Å².